The number of nitrogens with zero attached hydrogens (tertiary/aromatic N) is 2. The molecule has 1 aromatic carbocycles. The number of benzene rings is 1. The summed E-state index contributed by atoms with van der Waals surface area (Å²) in [5.74, 6) is 3.66. The van der Waals surface area contributed by atoms with Crippen LogP contribution >= 0.6 is 0 Å². The molecule has 6 rings (SSSR count). The van der Waals surface area contributed by atoms with E-state index >= 15 is 0 Å². The number of hydrogen-bond acceptors (Lipinski definition) is 6. The summed E-state index contributed by atoms with van der Waals surface area (Å²) < 4.78 is 16.5. The summed E-state index contributed by atoms with van der Waals surface area (Å²) in [4.78, 5) is 17.5. The number of nitrogens with one attached hydrogen (secondary N) is 1. The Hall–Kier alpha value is -2.57. The summed E-state index contributed by atoms with van der Waals surface area (Å²) >= 11 is 0. The van der Waals surface area contributed by atoms with Gasteiger partial charge in [-0.1, -0.05) is 5.16 Å². The van der Waals surface area contributed by atoms with Gasteiger partial charge in [0.1, 0.15) is 0 Å². The van der Waals surface area contributed by atoms with E-state index < -0.39 is 0 Å². The molecular formula is C20H21N3O4. The largest absolute Gasteiger partial charge is 0.454 e. The molecule has 1 N–H and O–H groups in total. The van der Waals surface area contributed by atoms with Crippen molar-refractivity contribution in [2.45, 2.75) is 44.1 Å². The second kappa shape index (κ2) is 5.71. The summed E-state index contributed by atoms with van der Waals surface area (Å²) in [6.45, 7) is 0.235. The molecule has 0 radical (unpaired) electrons. The van der Waals surface area contributed by atoms with E-state index in [-0.39, 0.29) is 24.5 Å². The summed E-state index contributed by atoms with van der Waals surface area (Å²) in [5, 5.41) is 7.38. The minimum Gasteiger partial charge on any atom is -0.454 e. The highest BCUT2D eigenvalue weighted by Gasteiger charge is 2.54. The molecule has 3 saturated carbocycles. The lowest BCUT2D eigenvalue weighted by atomic mass is 9.78. The van der Waals surface area contributed by atoms with Crippen molar-refractivity contribution in [3.8, 4) is 22.9 Å². The molecule has 0 saturated heterocycles. The van der Waals surface area contributed by atoms with Crippen LogP contribution in [0.15, 0.2) is 22.7 Å². The molecule has 0 spiro atoms. The molecule has 1 aliphatic heterocycles. The summed E-state index contributed by atoms with van der Waals surface area (Å²) in [6.07, 6.45) is 5.57. The van der Waals surface area contributed by atoms with Crippen molar-refractivity contribution in [2.75, 3.05) is 6.79 Å². The third-order valence-electron chi connectivity index (χ3n) is 6.50. The number of ether oxygens (including phenoxy) is 2. The Labute approximate surface area is 156 Å². The van der Waals surface area contributed by atoms with Gasteiger partial charge in [-0.05, 0) is 62.1 Å². The highest BCUT2D eigenvalue weighted by Crippen LogP contribution is 2.56. The van der Waals surface area contributed by atoms with E-state index in [1.54, 1.807) is 0 Å². The van der Waals surface area contributed by atoms with Gasteiger partial charge < -0.3 is 19.3 Å². The molecular weight excluding hydrogens is 346 g/mol. The van der Waals surface area contributed by atoms with Gasteiger partial charge in [-0.15, -0.1) is 0 Å². The monoisotopic (exact) mass is 367 g/mol. The average Bonchev–Trinajstić information content (AvgIpc) is 3.14. The van der Waals surface area contributed by atoms with E-state index in [1.807, 2.05) is 18.2 Å². The molecule has 3 aliphatic carbocycles. The van der Waals surface area contributed by atoms with Crippen molar-refractivity contribution < 1.29 is 18.8 Å². The molecule has 1 amide bonds. The molecule has 3 fully saturated rings. The predicted octanol–water partition coefficient (Wildman–Crippen LogP) is 2.87. The summed E-state index contributed by atoms with van der Waals surface area (Å²) in [5.41, 5.74) is 0.830. The molecule has 2 aromatic rings. The molecule has 2 bridgehead atoms. The smallest absolute Gasteiger partial charge is 0.231 e. The SMILES string of the molecule is O=C(NC1CC1)[C@H]1[C@H]2CC[C@H](C2)[C@@H]1c1nc(-c2ccc3c(c2)OCO3)no1. The molecule has 4 atom stereocenters. The second-order valence-electron chi connectivity index (χ2n) is 8.19. The second-order valence-corrected chi connectivity index (χ2v) is 8.19. The van der Waals surface area contributed by atoms with Crippen LogP contribution in [-0.2, 0) is 4.79 Å². The highest BCUT2D eigenvalue weighted by atomic mass is 16.7. The van der Waals surface area contributed by atoms with Crippen LogP contribution in [0.25, 0.3) is 11.4 Å². The van der Waals surface area contributed by atoms with Crippen molar-refractivity contribution in [2.24, 2.45) is 17.8 Å². The van der Waals surface area contributed by atoms with E-state index in [2.05, 4.69) is 15.5 Å². The van der Waals surface area contributed by atoms with Crippen molar-refractivity contribution in [1.29, 1.82) is 0 Å². The number of aromatic nitrogens is 2. The Balaban J connectivity index is 1.30. The van der Waals surface area contributed by atoms with Crippen LogP contribution in [0, 0.1) is 17.8 Å². The number of hydrogen-bond donors (Lipinski definition) is 1. The van der Waals surface area contributed by atoms with Crippen LogP contribution in [-0.4, -0.2) is 28.9 Å². The van der Waals surface area contributed by atoms with E-state index in [1.165, 1.54) is 0 Å². The summed E-state index contributed by atoms with van der Waals surface area (Å²) in [7, 11) is 0. The Morgan fingerprint density at radius 3 is 2.81 bits per heavy atom. The maximum atomic E-state index is 12.8. The predicted molar refractivity (Wildman–Crippen MR) is 94.1 cm³/mol. The number of amides is 1. The number of carbonyl (C=O) groups excluding carboxylic acids is 1. The van der Waals surface area contributed by atoms with Crippen molar-refractivity contribution in [3.63, 3.8) is 0 Å². The third-order valence-corrected chi connectivity index (χ3v) is 6.50. The molecule has 7 nitrogen and oxygen atoms in total. The Morgan fingerprint density at radius 2 is 1.93 bits per heavy atom. The number of carbonyl (C=O) groups is 1. The van der Waals surface area contributed by atoms with Crippen molar-refractivity contribution in [3.05, 3.63) is 24.1 Å². The van der Waals surface area contributed by atoms with Crippen LogP contribution in [0.3, 0.4) is 0 Å². The fourth-order valence-corrected chi connectivity index (χ4v) is 5.07. The molecule has 7 heteroatoms. The van der Waals surface area contributed by atoms with Crippen LogP contribution in [0.4, 0.5) is 0 Å². The maximum absolute atomic E-state index is 12.8. The van der Waals surface area contributed by atoms with Gasteiger partial charge in [0.05, 0.1) is 11.8 Å². The quantitative estimate of drug-likeness (QED) is 0.894. The average molecular weight is 367 g/mol. The number of fused-ring (bicyclic) bond motifs is 3. The Kier molecular flexibility index (Phi) is 3.28. The van der Waals surface area contributed by atoms with Gasteiger partial charge in [-0.3, -0.25) is 4.79 Å². The molecule has 27 heavy (non-hydrogen) atoms. The van der Waals surface area contributed by atoms with Crippen LogP contribution in [0.5, 0.6) is 11.5 Å². The standard InChI is InChI=1S/C20H21N3O4/c24-19(21-13-4-5-13)16-10-1-2-11(7-10)17(16)20-22-18(23-27-20)12-3-6-14-15(8-12)26-9-25-14/h3,6,8,10-11,13,16-17H,1-2,4-5,7,9H2,(H,21,24)/t10-,11+,16-,17-/m0/s1. The van der Waals surface area contributed by atoms with Gasteiger partial charge in [0.15, 0.2) is 11.5 Å². The van der Waals surface area contributed by atoms with Gasteiger partial charge in [-0.25, -0.2) is 0 Å². The van der Waals surface area contributed by atoms with Gasteiger partial charge in [0.25, 0.3) is 0 Å². The molecule has 140 valence electrons. The maximum Gasteiger partial charge on any atom is 0.231 e. The van der Waals surface area contributed by atoms with Gasteiger partial charge >= 0.3 is 0 Å². The fourth-order valence-electron chi connectivity index (χ4n) is 5.07. The minimum atomic E-state index is -0.0330. The fraction of sp³-hybridized carbons (Fsp3) is 0.550. The molecule has 2 heterocycles. The topological polar surface area (TPSA) is 86.5 Å². The van der Waals surface area contributed by atoms with Crippen LogP contribution in [0.1, 0.15) is 43.9 Å². The molecule has 4 aliphatic rings. The molecule has 1 aromatic heterocycles. The van der Waals surface area contributed by atoms with E-state index in [0.29, 0.717) is 35.3 Å². The zero-order chi connectivity index (χ0) is 18.0. The third kappa shape index (κ3) is 2.51. The first-order valence-corrected chi connectivity index (χ1v) is 9.80. The first kappa shape index (κ1) is 15.5. The van der Waals surface area contributed by atoms with E-state index in [9.17, 15) is 4.79 Å². The Morgan fingerprint density at radius 1 is 1.07 bits per heavy atom. The zero-order valence-electron chi connectivity index (χ0n) is 14.9. The van der Waals surface area contributed by atoms with Gasteiger partial charge in [-0.2, -0.15) is 4.98 Å². The normalized spacial score (nSPS) is 30.7. The molecule has 0 unspecified atom stereocenters. The Bertz CT molecular complexity index is 906. The van der Waals surface area contributed by atoms with Crippen LogP contribution in [0.2, 0.25) is 0 Å². The van der Waals surface area contributed by atoms with Gasteiger partial charge in [0, 0.05) is 11.6 Å². The lowest BCUT2D eigenvalue weighted by Gasteiger charge is -2.27. The lowest BCUT2D eigenvalue weighted by molar-refractivity contribution is -0.127. The highest BCUT2D eigenvalue weighted by molar-refractivity contribution is 5.81. The minimum absolute atomic E-state index is 0.0330. The van der Waals surface area contributed by atoms with E-state index in [0.717, 1.165) is 43.4 Å². The first-order chi connectivity index (χ1) is 13.3. The van der Waals surface area contributed by atoms with Crippen molar-refractivity contribution in [1.82, 2.24) is 15.5 Å². The first-order valence-electron chi connectivity index (χ1n) is 9.80. The summed E-state index contributed by atoms with van der Waals surface area (Å²) in [6, 6.07) is 6.01. The lowest BCUT2D eigenvalue weighted by Crippen LogP contribution is -2.38. The van der Waals surface area contributed by atoms with E-state index in [4.69, 9.17) is 14.0 Å². The van der Waals surface area contributed by atoms with Crippen LogP contribution < -0.4 is 14.8 Å². The zero-order valence-corrected chi connectivity index (χ0v) is 14.9. The van der Waals surface area contributed by atoms with Crippen molar-refractivity contribution >= 4 is 5.91 Å². The number of rotatable bonds is 4. The van der Waals surface area contributed by atoms with Gasteiger partial charge in [0.2, 0.25) is 24.4 Å².